The summed E-state index contributed by atoms with van der Waals surface area (Å²) in [5.41, 5.74) is 3.07. The molecule has 0 fully saturated rings. The van der Waals surface area contributed by atoms with Crippen molar-refractivity contribution < 1.29 is 14.6 Å². The van der Waals surface area contributed by atoms with Crippen molar-refractivity contribution in [3.8, 4) is 28.5 Å². The van der Waals surface area contributed by atoms with Crippen molar-refractivity contribution >= 4 is 12.1 Å². The SMILES string of the molecule is O=Cc1c(-c2ccc(Oc3ccccc3)cc2)nn2c1NCC(c1cccc(O)c1)C2. The molecule has 1 unspecified atom stereocenters. The number of carbonyl (C=O) groups excluding carboxylic acids is 1. The molecule has 1 aliphatic heterocycles. The van der Waals surface area contributed by atoms with Gasteiger partial charge in [-0.05, 0) is 54.1 Å². The first-order valence-corrected chi connectivity index (χ1v) is 10.1. The Morgan fingerprint density at radius 2 is 1.77 bits per heavy atom. The number of nitrogens with one attached hydrogen (secondary N) is 1. The highest BCUT2D eigenvalue weighted by molar-refractivity contribution is 5.92. The van der Waals surface area contributed by atoms with Crippen molar-refractivity contribution in [3.63, 3.8) is 0 Å². The molecule has 4 aromatic rings. The lowest BCUT2D eigenvalue weighted by molar-refractivity contribution is 0.112. The van der Waals surface area contributed by atoms with Gasteiger partial charge in [-0.15, -0.1) is 0 Å². The molecule has 0 saturated heterocycles. The number of rotatable bonds is 5. The first-order chi connectivity index (χ1) is 15.2. The number of aromatic nitrogens is 2. The maximum atomic E-state index is 11.9. The molecule has 2 N–H and O–H groups in total. The van der Waals surface area contributed by atoms with Crippen LogP contribution in [0.25, 0.3) is 11.3 Å². The fourth-order valence-electron chi connectivity index (χ4n) is 3.92. The van der Waals surface area contributed by atoms with Gasteiger partial charge in [-0.1, -0.05) is 30.3 Å². The normalized spacial score (nSPS) is 15.0. The molecule has 0 spiro atoms. The summed E-state index contributed by atoms with van der Waals surface area (Å²) in [7, 11) is 0. The smallest absolute Gasteiger partial charge is 0.156 e. The Labute approximate surface area is 179 Å². The third-order valence-electron chi connectivity index (χ3n) is 5.46. The minimum Gasteiger partial charge on any atom is -0.508 e. The lowest BCUT2D eigenvalue weighted by atomic mass is 9.97. The zero-order valence-corrected chi connectivity index (χ0v) is 16.7. The molecular weight excluding hydrogens is 390 g/mol. The molecule has 0 amide bonds. The number of carbonyl (C=O) groups is 1. The second kappa shape index (κ2) is 7.99. The molecule has 154 valence electrons. The summed E-state index contributed by atoms with van der Waals surface area (Å²) in [6, 6.07) is 24.4. The van der Waals surface area contributed by atoms with Crippen LogP contribution in [-0.2, 0) is 6.54 Å². The van der Waals surface area contributed by atoms with E-state index in [1.54, 1.807) is 12.1 Å². The number of phenolic OH excluding ortho intramolecular Hbond substituents is 1. The van der Waals surface area contributed by atoms with Crippen LogP contribution in [0.15, 0.2) is 78.9 Å². The van der Waals surface area contributed by atoms with Crippen molar-refractivity contribution in [1.82, 2.24) is 9.78 Å². The van der Waals surface area contributed by atoms with Gasteiger partial charge in [0.2, 0.25) is 0 Å². The standard InChI is InChI=1S/C25H21N3O3/c29-16-23-24(17-9-11-22(12-10-17)31-21-7-2-1-3-8-21)27-28-15-19(14-26-25(23)28)18-5-4-6-20(30)13-18/h1-13,16,19,26,30H,14-15H2. The van der Waals surface area contributed by atoms with E-state index in [2.05, 4.69) is 5.32 Å². The number of ether oxygens (including phenoxy) is 1. The second-order valence-electron chi connectivity index (χ2n) is 7.52. The quantitative estimate of drug-likeness (QED) is 0.449. The van der Waals surface area contributed by atoms with E-state index < -0.39 is 0 Å². The molecule has 0 saturated carbocycles. The molecule has 2 heterocycles. The summed E-state index contributed by atoms with van der Waals surface area (Å²) in [5, 5.41) is 17.9. The highest BCUT2D eigenvalue weighted by atomic mass is 16.5. The Balaban J connectivity index is 1.41. The highest BCUT2D eigenvalue weighted by Gasteiger charge is 2.26. The Hall–Kier alpha value is -4.06. The number of hydrogen-bond acceptors (Lipinski definition) is 5. The van der Waals surface area contributed by atoms with Gasteiger partial charge in [0.25, 0.3) is 0 Å². The van der Waals surface area contributed by atoms with Crippen LogP contribution < -0.4 is 10.1 Å². The third kappa shape index (κ3) is 3.75. The highest BCUT2D eigenvalue weighted by Crippen LogP contribution is 2.34. The molecule has 3 aromatic carbocycles. The van der Waals surface area contributed by atoms with E-state index in [1.165, 1.54) is 0 Å². The van der Waals surface area contributed by atoms with Crippen molar-refractivity contribution in [3.05, 3.63) is 90.0 Å². The van der Waals surface area contributed by atoms with E-state index >= 15 is 0 Å². The monoisotopic (exact) mass is 411 g/mol. The summed E-state index contributed by atoms with van der Waals surface area (Å²) < 4.78 is 7.69. The molecule has 1 atom stereocenters. The number of fused-ring (bicyclic) bond motifs is 1. The number of aldehydes is 1. The van der Waals surface area contributed by atoms with Gasteiger partial charge < -0.3 is 15.2 Å². The molecule has 0 radical (unpaired) electrons. The first-order valence-electron chi connectivity index (χ1n) is 10.1. The van der Waals surface area contributed by atoms with E-state index in [0.29, 0.717) is 30.1 Å². The van der Waals surface area contributed by atoms with E-state index in [4.69, 9.17) is 9.84 Å². The van der Waals surface area contributed by atoms with Gasteiger partial charge in [0.05, 0.1) is 12.1 Å². The number of benzene rings is 3. The van der Waals surface area contributed by atoms with Crippen LogP contribution in [0.5, 0.6) is 17.2 Å². The predicted molar refractivity (Wildman–Crippen MR) is 119 cm³/mol. The Bertz CT molecular complexity index is 1220. The van der Waals surface area contributed by atoms with Gasteiger partial charge in [-0.2, -0.15) is 5.10 Å². The molecule has 1 aliphatic rings. The fraction of sp³-hybridized carbons (Fsp3) is 0.120. The van der Waals surface area contributed by atoms with Crippen LogP contribution in [0.4, 0.5) is 5.82 Å². The van der Waals surface area contributed by atoms with Crippen LogP contribution in [0.3, 0.4) is 0 Å². The van der Waals surface area contributed by atoms with Crippen LogP contribution >= 0.6 is 0 Å². The topological polar surface area (TPSA) is 76.4 Å². The lowest BCUT2D eigenvalue weighted by Crippen LogP contribution is -2.26. The maximum absolute atomic E-state index is 11.9. The second-order valence-corrected chi connectivity index (χ2v) is 7.52. The summed E-state index contributed by atoms with van der Waals surface area (Å²) >= 11 is 0. The van der Waals surface area contributed by atoms with Gasteiger partial charge in [0.15, 0.2) is 6.29 Å². The number of nitrogens with zero attached hydrogens (tertiary/aromatic N) is 2. The predicted octanol–water partition coefficient (Wildman–Crippen LogP) is 5.07. The minimum atomic E-state index is 0.147. The summed E-state index contributed by atoms with van der Waals surface area (Å²) in [4.78, 5) is 11.9. The van der Waals surface area contributed by atoms with Crippen molar-refractivity contribution in [2.45, 2.75) is 12.5 Å². The molecule has 1 aromatic heterocycles. The molecule has 6 nitrogen and oxygen atoms in total. The summed E-state index contributed by atoms with van der Waals surface area (Å²) in [6.45, 7) is 1.29. The van der Waals surface area contributed by atoms with E-state index in [1.807, 2.05) is 71.4 Å². The number of para-hydroxylation sites is 1. The average Bonchev–Trinajstić information content (AvgIpc) is 3.18. The molecule has 5 rings (SSSR count). The number of phenols is 1. The van der Waals surface area contributed by atoms with Gasteiger partial charge in [0.1, 0.15) is 28.8 Å². The van der Waals surface area contributed by atoms with Crippen molar-refractivity contribution in [2.75, 3.05) is 11.9 Å². The van der Waals surface area contributed by atoms with Gasteiger partial charge >= 0.3 is 0 Å². The summed E-state index contributed by atoms with van der Waals surface area (Å²) in [5.74, 6) is 2.60. The fourth-order valence-corrected chi connectivity index (χ4v) is 3.92. The molecular formula is C25H21N3O3. The van der Waals surface area contributed by atoms with Crippen molar-refractivity contribution in [2.24, 2.45) is 0 Å². The van der Waals surface area contributed by atoms with E-state index in [0.717, 1.165) is 29.0 Å². The van der Waals surface area contributed by atoms with Crippen LogP contribution in [0.1, 0.15) is 21.8 Å². The largest absolute Gasteiger partial charge is 0.508 e. The number of aromatic hydroxyl groups is 1. The van der Waals surface area contributed by atoms with E-state index in [9.17, 15) is 9.90 Å². The Kier molecular flexibility index (Phi) is 4.88. The third-order valence-corrected chi connectivity index (χ3v) is 5.46. The van der Waals surface area contributed by atoms with Crippen molar-refractivity contribution in [1.29, 1.82) is 0 Å². The first kappa shape index (κ1) is 18.9. The lowest BCUT2D eigenvalue weighted by Gasteiger charge is -2.25. The molecule has 31 heavy (non-hydrogen) atoms. The average molecular weight is 411 g/mol. The van der Waals surface area contributed by atoms with Gasteiger partial charge in [-0.25, -0.2) is 4.68 Å². The van der Waals surface area contributed by atoms with Gasteiger partial charge in [-0.3, -0.25) is 4.79 Å². The van der Waals surface area contributed by atoms with E-state index in [-0.39, 0.29) is 11.7 Å². The number of hydrogen-bond donors (Lipinski definition) is 2. The zero-order chi connectivity index (χ0) is 21.2. The molecule has 0 aliphatic carbocycles. The van der Waals surface area contributed by atoms with Crippen LogP contribution in [0.2, 0.25) is 0 Å². The maximum Gasteiger partial charge on any atom is 0.156 e. The number of anilines is 1. The summed E-state index contributed by atoms with van der Waals surface area (Å²) in [6.07, 6.45) is 0.851. The zero-order valence-electron chi connectivity index (χ0n) is 16.7. The minimum absolute atomic E-state index is 0.147. The van der Waals surface area contributed by atoms with Crippen LogP contribution in [0, 0.1) is 0 Å². The molecule has 0 bridgehead atoms. The van der Waals surface area contributed by atoms with Crippen LogP contribution in [-0.4, -0.2) is 27.7 Å². The Morgan fingerprint density at radius 3 is 2.52 bits per heavy atom. The Morgan fingerprint density at radius 1 is 1.00 bits per heavy atom. The van der Waals surface area contributed by atoms with Gasteiger partial charge in [0, 0.05) is 18.0 Å². The molecule has 6 heteroatoms.